The molecule has 0 amide bonds. The highest BCUT2D eigenvalue weighted by atomic mass is 127. The van der Waals surface area contributed by atoms with E-state index in [0.29, 0.717) is 30.8 Å². The maximum absolute atomic E-state index is 11.6. The van der Waals surface area contributed by atoms with Crippen LogP contribution in [0.5, 0.6) is 0 Å². The second-order valence-electron chi connectivity index (χ2n) is 3.30. The lowest BCUT2D eigenvalue weighted by molar-refractivity contribution is 1.04. The van der Waals surface area contributed by atoms with Gasteiger partial charge in [0, 0.05) is 6.20 Å². The van der Waals surface area contributed by atoms with Crippen LogP contribution < -0.4 is 5.56 Å². The Hall–Kier alpha value is -0.660. The first-order valence-electron chi connectivity index (χ1n) is 4.57. The number of aromatic amines is 1. The zero-order valence-corrected chi connectivity index (χ0v) is 12.3. The molecule has 2 heterocycles. The molecular weight excluding hydrogens is 376 g/mol. The number of nitrogens with one attached hydrogen (secondary N) is 1. The summed E-state index contributed by atoms with van der Waals surface area (Å²) in [5.74, 6) is 0.342. The van der Waals surface area contributed by atoms with Crippen molar-refractivity contribution in [1.29, 1.82) is 0 Å². The lowest BCUT2D eigenvalue weighted by Gasteiger charge is -2.04. The molecule has 2 rings (SSSR count). The van der Waals surface area contributed by atoms with E-state index < -0.39 is 0 Å². The van der Waals surface area contributed by atoms with E-state index >= 15 is 0 Å². The van der Waals surface area contributed by atoms with Crippen LogP contribution in [0.4, 0.5) is 0 Å². The highest BCUT2D eigenvalue weighted by Gasteiger charge is 2.11. The Morgan fingerprint density at radius 1 is 1.41 bits per heavy atom. The third-order valence-corrected chi connectivity index (χ3v) is 3.83. The first-order chi connectivity index (χ1) is 7.99. The highest BCUT2D eigenvalue weighted by molar-refractivity contribution is 14.1. The number of aromatic nitrogens is 3. The van der Waals surface area contributed by atoms with Crippen LogP contribution in [-0.4, -0.2) is 15.0 Å². The normalized spacial score (nSPS) is 10.6. The summed E-state index contributed by atoms with van der Waals surface area (Å²) in [6.07, 6.45) is 1.45. The van der Waals surface area contributed by atoms with Crippen molar-refractivity contribution in [3.63, 3.8) is 0 Å². The maximum atomic E-state index is 11.6. The molecule has 0 bridgehead atoms. The molecule has 0 spiro atoms. The smallest absolute Gasteiger partial charge is 0.264 e. The summed E-state index contributed by atoms with van der Waals surface area (Å²) in [4.78, 5) is 22.5. The van der Waals surface area contributed by atoms with Crippen molar-refractivity contribution < 1.29 is 0 Å². The van der Waals surface area contributed by atoms with Crippen LogP contribution in [0.3, 0.4) is 0 Å². The van der Waals surface area contributed by atoms with E-state index in [2.05, 4.69) is 15.0 Å². The van der Waals surface area contributed by atoms with Crippen molar-refractivity contribution in [2.45, 2.75) is 6.92 Å². The third kappa shape index (κ3) is 2.61. The Bertz CT molecular complexity index is 642. The number of halogens is 3. The summed E-state index contributed by atoms with van der Waals surface area (Å²) >= 11 is 13.7. The Balaban J connectivity index is 2.65. The molecule has 2 aromatic heterocycles. The van der Waals surface area contributed by atoms with Crippen molar-refractivity contribution in [3.8, 4) is 11.5 Å². The number of aryl methyl sites for hydroxylation is 1. The van der Waals surface area contributed by atoms with E-state index in [0.717, 1.165) is 0 Å². The maximum Gasteiger partial charge on any atom is 0.264 e. The molecule has 7 heteroatoms. The summed E-state index contributed by atoms with van der Waals surface area (Å²) < 4.78 is 0.552. The van der Waals surface area contributed by atoms with Gasteiger partial charge in [0.15, 0.2) is 5.82 Å². The van der Waals surface area contributed by atoms with Gasteiger partial charge in [0.25, 0.3) is 5.56 Å². The zero-order chi connectivity index (χ0) is 12.6. The predicted molar refractivity (Wildman–Crippen MR) is 75.6 cm³/mol. The number of nitrogens with zero attached hydrogens (tertiary/aromatic N) is 2. The van der Waals surface area contributed by atoms with Gasteiger partial charge in [0.2, 0.25) is 0 Å². The molecule has 17 heavy (non-hydrogen) atoms. The number of pyridine rings is 1. The van der Waals surface area contributed by atoms with Gasteiger partial charge in [-0.15, -0.1) is 0 Å². The summed E-state index contributed by atoms with van der Waals surface area (Å²) in [5.41, 5.74) is 0.839. The summed E-state index contributed by atoms with van der Waals surface area (Å²) in [7, 11) is 0. The topological polar surface area (TPSA) is 58.6 Å². The van der Waals surface area contributed by atoms with E-state index in [4.69, 9.17) is 23.2 Å². The Kier molecular flexibility index (Phi) is 3.70. The molecule has 1 N–H and O–H groups in total. The van der Waals surface area contributed by atoms with Gasteiger partial charge in [0.1, 0.15) is 5.69 Å². The standard InChI is InChI=1S/C10H6Cl2IN3O/c1-4-7(13)10(17)16-9(15-4)8-6(12)2-5(11)3-14-8/h2-3H,1H3,(H,15,16,17). The van der Waals surface area contributed by atoms with Crippen molar-refractivity contribution in [2.24, 2.45) is 0 Å². The molecule has 0 aliphatic carbocycles. The number of hydrogen-bond donors (Lipinski definition) is 1. The first kappa shape index (κ1) is 12.8. The van der Waals surface area contributed by atoms with Gasteiger partial charge in [-0.2, -0.15) is 0 Å². The fraction of sp³-hybridized carbons (Fsp3) is 0.100. The van der Waals surface area contributed by atoms with Crippen LogP contribution in [0, 0.1) is 10.5 Å². The van der Waals surface area contributed by atoms with Gasteiger partial charge in [-0.3, -0.25) is 4.79 Å². The monoisotopic (exact) mass is 381 g/mol. The van der Waals surface area contributed by atoms with Crippen molar-refractivity contribution in [1.82, 2.24) is 15.0 Å². The van der Waals surface area contributed by atoms with E-state index in [1.165, 1.54) is 6.20 Å². The minimum Gasteiger partial charge on any atom is -0.304 e. The first-order valence-corrected chi connectivity index (χ1v) is 6.40. The molecule has 88 valence electrons. The fourth-order valence-electron chi connectivity index (χ4n) is 1.27. The molecule has 0 unspecified atom stereocenters. The Labute approximate surface area is 121 Å². The quantitative estimate of drug-likeness (QED) is 0.772. The van der Waals surface area contributed by atoms with Gasteiger partial charge in [-0.1, -0.05) is 23.2 Å². The molecule has 0 aromatic carbocycles. The zero-order valence-electron chi connectivity index (χ0n) is 8.59. The minimum absolute atomic E-state index is 0.207. The van der Waals surface area contributed by atoms with E-state index in [9.17, 15) is 4.79 Å². The molecule has 0 radical (unpaired) electrons. The van der Waals surface area contributed by atoms with Crippen molar-refractivity contribution in [3.05, 3.63) is 41.9 Å². The van der Waals surface area contributed by atoms with Gasteiger partial charge in [-0.05, 0) is 35.6 Å². The second-order valence-corrected chi connectivity index (χ2v) is 5.22. The molecule has 0 aliphatic rings. The Morgan fingerprint density at radius 3 is 2.71 bits per heavy atom. The van der Waals surface area contributed by atoms with Crippen LogP contribution in [0.2, 0.25) is 10.0 Å². The minimum atomic E-state index is -0.207. The van der Waals surface area contributed by atoms with Crippen molar-refractivity contribution in [2.75, 3.05) is 0 Å². The highest BCUT2D eigenvalue weighted by Crippen LogP contribution is 2.25. The largest absolute Gasteiger partial charge is 0.304 e. The summed E-state index contributed by atoms with van der Waals surface area (Å²) in [6, 6.07) is 1.55. The molecule has 4 nitrogen and oxygen atoms in total. The van der Waals surface area contributed by atoms with Gasteiger partial charge >= 0.3 is 0 Å². The number of H-pyrrole nitrogens is 1. The van der Waals surface area contributed by atoms with Gasteiger partial charge in [0.05, 0.1) is 19.3 Å². The van der Waals surface area contributed by atoms with Gasteiger partial charge in [-0.25, -0.2) is 9.97 Å². The van der Waals surface area contributed by atoms with Crippen LogP contribution in [-0.2, 0) is 0 Å². The van der Waals surface area contributed by atoms with Crippen LogP contribution in [0.1, 0.15) is 5.69 Å². The summed E-state index contributed by atoms with van der Waals surface area (Å²) in [6.45, 7) is 1.75. The molecule has 2 aromatic rings. The molecular formula is C10H6Cl2IN3O. The van der Waals surface area contributed by atoms with Gasteiger partial charge < -0.3 is 4.98 Å². The molecule has 0 aliphatic heterocycles. The number of rotatable bonds is 1. The van der Waals surface area contributed by atoms with Crippen LogP contribution in [0.25, 0.3) is 11.5 Å². The molecule has 0 saturated heterocycles. The van der Waals surface area contributed by atoms with E-state index in [1.54, 1.807) is 13.0 Å². The SMILES string of the molecule is Cc1nc(-c2ncc(Cl)cc2Cl)[nH]c(=O)c1I. The van der Waals surface area contributed by atoms with Crippen molar-refractivity contribution >= 4 is 45.8 Å². The second kappa shape index (κ2) is 4.91. The van der Waals surface area contributed by atoms with Crippen LogP contribution >= 0.6 is 45.8 Å². The lowest BCUT2D eigenvalue weighted by atomic mass is 10.3. The summed E-state index contributed by atoms with van der Waals surface area (Å²) in [5, 5.41) is 0.782. The number of hydrogen-bond acceptors (Lipinski definition) is 3. The fourth-order valence-corrected chi connectivity index (χ4v) is 2.00. The average Bonchev–Trinajstić information content (AvgIpc) is 2.25. The predicted octanol–water partition coefficient (Wildman–Crippen LogP) is 3.05. The van der Waals surface area contributed by atoms with E-state index in [1.807, 2.05) is 22.6 Å². The molecule has 0 saturated carbocycles. The third-order valence-electron chi connectivity index (χ3n) is 2.06. The van der Waals surface area contributed by atoms with E-state index in [-0.39, 0.29) is 5.56 Å². The Morgan fingerprint density at radius 2 is 2.12 bits per heavy atom. The molecule has 0 fully saturated rings. The molecule has 0 atom stereocenters. The van der Waals surface area contributed by atoms with Crippen LogP contribution in [0.15, 0.2) is 17.1 Å². The average molecular weight is 382 g/mol. The lowest BCUT2D eigenvalue weighted by Crippen LogP contribution is -2.15.